The van der Waals surface area contributed by atoms with Gasteiger partial charge in [0, 0.05) is 24.2 Å². The average molecular weight is 445 g/mol. The van der Waals surface area contributed by atoms with Gasteiger partial charge >= 0.3 is 6.09 Å². The van der Waals surface area contributed by atoms with Gasteiger partial charge in [-0.2, -0.15) is 5.26 Å². The smallest absolute Gasteiger partial charge is 0.407 e. The number of hydrogen-bond donors (Lipinski definition) is 2. The van der Waals surface area contributed by atoms with Gasteiger partial charge in [0.15, 0.2) is 0 Å². The summed E-state index contributed by atoms with van der Waals surface area (Å²) in [7, 11) is 0. The topological polar surface area (TPSA) is 96.7 Å². The molecule has 1 saturated heterocycles. The molecule has 0 spiro atoms. The predicted octanol–water partition coefficient (Wildman–Crippen LogP) is 4.13. The molecule has 5 rings (SSSR count). The minimum absolute atomic E-state index is 0.0184. The van der Waals surface area contributed by atoms with Crippen LogP contribution in [-0.4, -0.2) is 63.7 Å². The van der Waals surface area contributed by atoms with Crippen molar-refractivity contribution in [3.8, 4) is 6.07 Å². The SMILES string of the molecule is CCCCCCCN(C(=O)O)C12CC3CC(CC(NCC(=O)N4CCCC4C#N)(C3)C1)C2. The number of amides is 2. The summed E-state index contributed by atoms with van der Waals surface area (Å²) in [5, 5.41) is 23.1. The maximum absolute atomic E-state index is 12.9. The van der Waals surface area contributed by atoms with Gasteiger partial charge in [-0.3, -0.25) is 4.79 Å². The summed E-state index contributed by atoms with van der Waals surface area (Å²) in [4.78, 5) is 28.7. The largest absolute Gasteiger partial charge is 0.465 e. The van der Waals surface area contributed by atoms with Gasteiger partial charge in [-0.05, 0) is 69.6 Å². The van der Waals surface area contributed by atoms with E-state index in [-0.39, 0.29) is 29.6 Å². The van der Waals surface area contributed by atoms with Crippen molar-refractivity contribution >= 4 is 12.0 Å². The van der Waals surface area contributed by atoms with Crippen LogP contribution < -0.4 is 5.32 Å². The number of carboxylic acid groups (broad SMARTS) is 1. The van der Waals surface area contributed by atoms with Gasteiger partial charge in [-0.25, -0.2) is 4.79 Å². The average Bonchev–Trinajstić information content (AvgIpc) is 3.22. The first-order valence-electron chi connectivity index (χ1n) is 12.8. The highest BCUT2D eigenvalue weighted by molar-refractivity contribution is 5.79. The Morgan fingerprint density at radius 3 is 2.53 bits per heavy atom. The van der Waals surface area contributed by atoms with Crippen molar-refractivity contribution in [1.82, 2.24) is 15.1 Å². The molecule has 1 aliphatic heterocycles. The van der Waals surface area contributed by atoms with Gasteiger partial charge in [0.2, 0.25) is 5.91 Å². The second-order valence-corrected chi connectivity index (χ2v) is 11.0. The number of likely N-dealkylation sites (tertiary alicyclic amines) is 1. The van der Waals surface area contributed by atoms with Crippen LogP contribution >= 0.6 is 0 Å². The van der Waals surface area contributed by atoms with Gasteiger partial charge < -0.3 is 20.2 Å². The van der Waals surface area contributed by atoms with Crippen LogP contribution in [0.3, 0.4) is 0 Å². The number of nitrogens with one attached hydrogen (secondary N) is 1. The summed E-state index contributed by atoms with van der Waals surface area (Å²) < 4.78 is 0. The number of rotatable bonds is 10. The summed E-state index contributed by atoms with van der Waals surface area (Å²) >= 11 is 0. The third-order valence-corrected chi connectivity index (χ3v) is 8.66. The summed E-state index contributed by atoms with van der Waals surface area (Å²) in [6.07, 6.45) is 12.6. The van der Waals surface area contributed by atoms with Crippen LogP contribution in [0.1, 0.15) is 90.4 Å². The molecule has 7 nitrogen and oxygen atoms in total. The molecule has 32 heavy (non-hydrogen) atoms. The monoisotopic (exact) mass is 444 g/mol. The normalized spacial score (nSPS) is 35.1. The molecule has 2 N–H and O–H groups in total. The van der Waals surface area contributed by atoms with Crippen LogP contribution in [0.15, 0.2) is 0 Å². The van der Waals surface area contributed by atoms with Gasteiger partial charge in [0.25, 0.3) is 0 Å². The third-order valence-electron chi connectivity index (χ3n) is 8.66. The fourth-order valence-corrected chi connectivity index (χ4v) is 7.71. The van der Waals surface area contributed by atoms with E-state index in [2.05, 4.69) is 18.3 Å². The van der Waals surface area contributed by atoms with Crippen LogP contribution in [0.25, 0.3) is 0 Å². The van der Waals surface area contributed by atoms with Crippen LogP contribution in [0, 0.1) is 23.2 Å². The van der Waals surface area contributed by atoms with Crippen molar-refractivity contribution in [3.63, 3.8) is 0 Å². The molecular formula is C25H40N4O3. The molecule has 3 unspecified atom stereocenters. The molecule has 1 heterocycles. The Balaban J connectivity index is 1.43. The van der Waals surface area contributed by atoms with E-state index in [0.717, 1.165) is 57.8 Å². The lowest BCUT2D eigenvalue weighted by molar-refractivity contribution is -0.133. The molecular weight excluding hydrogens is 404 g/mol. The van der Waals surface area contributed by atoms with E-state index in [4.69, 9.17) is 0 Å². The molecule has 4 bridgehead atoms. The number of nitrogens with zero attached hydrogens (tertiary/aromatic N) is 3. The Morgan fingerprint density at radius 2 is 1.88 bits per heavy atom. The molecule has 5 fully saturated rings. The van der Waals surface area contributed by atoms with E-state index in [9.17, 15) is 20.0 Å². The molecule has 0 aromatic rings. The molecule has 5 aliphatic rings. The molecule has 4 aliphatic carbocycles. The van der Waals surface area contributed by atoms with Crippen molar-refractivity contribution in [2.75, 3.05) is 19.6 Å². The van der Waals surface area contributed by atoms with E-state index in [1.165, 1.54) is 25.7 Å². The summed E-state index contributed by atoms with van der Waals surface area (Å²) in [5.74, 6) is 1.10. The number of nitriles is 1. The number of unbranched alkanes of at least 4 members (excludes halogenated alkanes) is 4. The van der Waals surface area contributed by atoms with E-state index in [1.54, 1.807) is 9.80 Å². The van der Waals surface area contributed by atoms with Gasteiger partial charge in [-0.1, -0.05) is 32.6 Å². The van der Waals surface area contributed by atoms with E-state index in [0.29, 0.717) is 24.9 Å². The summed E-state index contributed by atoms with van der Waals surface area (Å²) in [6.45, 7) is 3.76. The first-order chi connectivity index (χ1) is 15.4. The highest BCUT2D eigenvalue weighted by Gasteiger charge is 2.60. The highest BCUT2D eigenvalue weighted by Crippen LogP contribution is 2.59. The second kappa shape index (κ2) is 9.59. The minimum Gasteiger partial charge on any atom is -0.465 e. The first-order valence-corrected chi connectivity index (χ1v) is 12.8. The van der Waals surface area contributed by atoms with Crippen molar-refractivity contribution in [2.45, 2.75) is 108 Å². The Bertz CT molecular complexity index is 734. The van der Waals surface area contributed by atoms with Crippen molar-refractivity contribution in [3.05, 3.63) is 0 Å². The third kappa shape index (κ3) is 4.62. The molecule has 0 aromatic heterocycles. The Kier molecular flexibility index (Phi) is 7.00. The lowest BCUT2D eigenvalue weighted by Crippen LogP contribution is -2.70. The number of carbonyl (C=O) groups is 2. The molecule has 7 heteroatoms. The predicted molar refractivity (Wildman–Crippen MR) is 122 cm³/mol. The number of carbonyl (C=O) groups excluding carboxylic acids is 1. The summed E-state index contributed by atoms with van der Waals surface area (Å²) in [5.41, 5.74) is -0.420. The van der Waals surface area contributed by atoms with E-state index >= 15 is 0 Å². The molecule has 178 valence electrons. The van der Waals surface area contributed by atoms with E-state index < -0.39 is 6.09 Å². The zero-order chi connectivity index (χ0) is 22.8. The van der Waals surface area contributed by atoms with E-state index in [1.807, 2.05) is 0 Å². The van der Waals surface area contributed by atoms with Gasteiger partial charge in [0.1, 0.15) is 6.04 Å². The minimum atomic E-state index is -0.775. The fraction of sp³-hybridized carbons (Fsp3) is 0.880. The van der Waals surface area contributed by atoms with Crippen molar-refractivity contribution in [2.24, 2.45) is 11.8 Å². The Labute approximate surface area is 192 Å². The lowest BCUT2D eigenvalue weighted by atomic mass is 9.49. The van der Waals surface area contributed by atoms with Crippen LogP contribution in [0.5, 0.6) is 0 Å². The standard InChI is InChI=1S/C25H40N4O3/c1-2-3-4-5-6-10-29(23(31)32)25-14-19-11-20(15-25)13-24(12-19,18-25)27-17-22(30)28-9-7-8-21(28)16-26/h19-21,27H,2-15,17-18H2,1H3,(H,31,32). The first kappa shape index (κ1) is 23.4. The number of hydrogen-bond acceptors (Lipinski definition) is 4. The molecule has 4 saturated carbocycles. The van der Waals surface area contributed by atoms with Crippen LogP contribution in [0.2, 0.25) is 0 Å². The van der Waals surface area contributed by atoms with Crippen LogP contribution in [0.4, 0.5) is 4.79 Å². The van der Waals surface area contributed by atoms with Crippen molar-refractivity contribution in [1.29, 1.82) is 5.26 Å². The Morgan fingerprint density at radius 1 is 1.16 bits per heavy atom. The van der Waals surface area contributed by atoms with Gasteiger partial charge in [0.05, 0.1) is 12.6 Å². The lowest BCUT2D eigenvalue weighted by Gasteiger charge is -2.64. The second-order valence-electron chi connectivity index (χ2n) is 11.0. The fourth-order valence-electron chi connectivity index (χ4n) is 7.71. The summed E-state index contributed by atoms with van der Waals surface area (Å²) in [6, 6.07) is 1.97. The quantitative estimate of drug-likeness (QED) is 0.494. The Hall–Kier alpha value is -1.81. The van der Waals surface area contributed by atoms with Crippen molar-refractivity contribution < 1.29 is 14.7 Å². The maximum Gasteiger partial charge on any atom is 0.407 e. The zero-order valence-electron chi connectivity index (χ0n) is 19.7. The highest BCUT2D eigenvalue weighted by atomic mass is 16.4. The molecule has 0 aromatic carbocycles. The zero-order valence-corrected chi connectivity index (χ0v) is 19.7. The van der Waals surface area contributed by atoms with Crippen LogP contribution in [-0.2, 0) is 4.79 Å². The molecule has 3 atom stereocenters. The van der Waals surface area contributed by atoms with Gasteiger partial charge in [-0.15, -0.1) is 0 Å². The molecule has 2 amide bonds. The maximum atomic E-state index is 12.9. The molecule has 0 radical (unpaired) electrons.